The molecule has 2 amide bonds. The number of halogens is 5. The topological polar surface area (TPSA) is 89.0 Å². The number of hydrogen-bond acceptors (Lipinski definition) is 5. The van der Waals surface area contributed by atoms with Crippen molar-refractivity contribution < 1.29 is 36.7 Å². The Morgan fingerprint density at radius 3 is 2.48 bits per heavy atom. The summed E-state index contributed by atoms with van der Waals surface area (Å²) < 4.78 is 57.9. The quantitative estimate of drug-likeness (QED) is 0.234. The summed E-state index contributed by atoms with van der Waals surface area (Å²) in [5, 5.41) is 5.97. The fraction of sp³-hybridized carbons (Fsp3) is 0.400. The Morgan fingerprint density at radius 1 is 1.30 bits per heavy atom. The Bertz CT molecular complexity index is 715. The average molecular weight is 414 g/mol. The van der Waals surface area contributed by atoms with Crippen molar-refractivity contribution in [2.75, 3.05) is 12.4 Å². The van der Waals surface area contributed by atoms with E-state index in [1.54, 1.807) is 6.92 Å². The fourth-order valence-corrected chi connectivity index (χ4v) is 1.98. The number of hydrogen-bond donors (Lipinski definition) is 2. The van der Waals surface area contributed by atoms with E-state index in [1.807, 2.05) is 5.32 Å². The van der Waals surface area contributed by atoms with Gasteiger partial charge >= 0.3 is 23.9 Å². The molecule has 1 rings (SSSR count). The molecule has 0 radical (unpaired) electrons. The van der Waals surface area contributed by atoms with Gasteiger partial charge in [-0.3, -0.25) is 5.32 Å². The number of esters is 1. The first-order valence-corrected chi connectivity index (χ1v) is 7.84. The van der Waals surface area contributed by atoms with Crippen LogP contribution >= 0.6 is 11.6 Å². The van der Waals surface area contributed by atoms with Gasteiger partial charge in [0.25, 0.3) is 0 Å². The Morgan fingerprint density at radius 2 is 1.96 bits per heavy atom. The number of alkyl halides is 3. The number of anilines is 1. The maximum atomic E-state index is 13.6. The van der Waals surface area contributed by atoms with E-state index in [2.05, 4.69) is 14.7 Å². The standard InChI is InChI=1S/C15H16ClF4N3O4/c1-3-5-11(16)23-27-14(12(24)26-2,15(18,19)20)22-13(25)21-10-7-4-6-9(17)8-10/h4,6-8H,3,5H2,1-2H3,(H2,21,22,25)/t14-/m1/s1. The molecular weight excluding hydrogens is 398 g/mol. The minimum atomic E-state index is -5.47. The van der Waals surface area contributed by atoms with Crippen LogP contribution in [0.25, 0.3) is 0 Å². The average Bonchev–Trinajstić information content (AvgIpc) is 2.57. The molecule has 0 saturated carbocycles. The van der Waals surface area contributed by atoms with Crippen LogP contribution in [-0.4, -0.2) is 36.2 Å². The second-order valence-electron chi connectivity index (χ2n) is 5.07. The normalized spacial score (nSPS) is 14.1. The van der Waals surface area contributed by atoms with Crippen molar-refractivity contribution >= 4 is 34.5 Å². The SMILES string of the molecule is CCCC(Cl)=NO[C@](NC(=O)Nc1cccc(F)c1)(C(=O)OC)C(F)(F)F. The van der Waals surface area contributed by atoms with Gasteiger partial charge in [0.05, 0.1) is 7.11 Å². The highest BCUT2D eigenvalue weighted by atomic mass is 35.5. The molecule has 27 heavy (non-hydrogen) atoms. The van der Waals surface area contributed by atoms with Gasteiger partial charge in [-0.1, -0.05) is 29.7 Å². The summed E-state index contributed by atoms with van der Waals surface area (Å²) >= 11 is 5.60. The Balaban J connectivity index is 3.17. The number of carbonyl (C=O) groups excluding carboxylic acids is 2. The highest BCUT2D eigenvalue weighted by Gasteiger charge is 2.67. The first kappa shape index (κ1) is 22.5. The third-order valence-corrected chi connectivity index (χ3v) is 3.24. The van der Waals surface area contributed by atoms with Gasteiger partial charge in [-0.15, -0.1) is 0 Å². The lowest BCUT2D eigenvalue weighted by Gasteiger charge is -2.30. The van der Waals surface area contributed by atoms with Crippen molar-refractivity contribution in [2.45, 2.75) is 31.7 Å². The first-order chi connectivity index (χ1) is 12.6. The van der Waals surface area contributed by atoms with Gasteiger partial charge in [-0.05, 0) is 24.6 Å². The number of methoxy groups -OCH3 is 1. The molecule has 7 nitrogen and oxygen atoms in total. The molecule has 0 aliphatic carbocycles. The second kappa shape index (κ2) is 9.40. The number of carbonyl (C=O) groups is 2. The molecule has 2 N–H and O–H groups in total. The summed E-state index contributed by atoms with van der Waals surface area (Å²) in [6, 6.07) is 2.82. The van der Waals surface area contributed by atoms with Crippen molar-refractivity contribution in [3.63, 3.8) is 0 Å². The number of ether oxygens (including phenoxy) is 1. The van der Waals surface area contributed by atoms with Crippen molar-refractivity contribution in [1.82, 2.24) is 5.32 Å². The molecule has 12 heteroatoms. The van der Waals surface area contributed by atoms with Crippen LogP contribution in [0.4, 0.5) is 28.0 Å². The molecule has 0 aromatic heterocycles. The van der Waals surface area contributed by atoms with E-state index in [1.165, 1.54) is 17.4 Å². The maximum absolute atomic E-state index is 13.6. The first-order valence-electron chi connectivity index (χ1n) is 7.46. The molecular formula is C15H16ClF4N3O4. The van der Waals surface area contributed by atoms with Crippen LogP contribution in [0, 0.1) is 5.82 Å². The van der Waals surface area contributed by atoms with Crippen LogP contribution in [-0.2, 0) is 14.4 Å². The number of benzene rings is 1. The number of rotatable bonds is 7. The van der Waals surface area contributed by atoms with Gasteiger partial charge in [0, 0.05) is 12.1 Å². The lowest BCUT2D eigenvalue weighted by molar-refractivity contribution is -0.283. The molecule has 1 aromatic carbocycles. The Kier molecular flexibility index (Phi) is 7.82. The van der Waals surface area contributed by atoms with Gasteiger partial charge in [-0.25, -0.2) is 14.0 Å². The summed E-state index contributed by atoms with van der Waals surface area (Å²) in [6.45, 7) is 1.68. The zero-order valence-corrected chi connectivity index (χ0v) is 14.9. The fourth-order valence-electron chi connectivity index (χ4n) is 1.75. The highest BCUT2D eigenvalue weighted by Crippen LogP contribution is 2.33. The van der Waals surface area contributed by atoms with Crippen LogP contribution in [0.2, 0.25) is 0 Å². The van der Waals surface area contributed by atoms with Crippen LogP contribution in [0.5, 0.6) is 0 Å². The van der Waals surface area contributed by atoms with E-state index >= 15 is 0 Å². The van der Waals surface area contributed by atoms with Gasteiger partial charge in [0.1, 0.15) is 11.0 Å². The largest absolute Gasteiger partial charge is 0.464 e. The summed E-state index contributed by atoms with van der Waals surface area (Å²) in [5.74, 6) is -2.73. The summed E-state index contributed by atoms with van der Waals surface area (Å²) in [7, 11) is 0.662. The zero-order chi connectivity index (χ0) is 20.7. The van der Waals surface area contributed by atoms with E-state index in [4.69, 9.17) is 11.6 Å². The van der Waals surface area contributed by atoms with E-state index in [0.717, 1.165) is 12.1 Å². The summed E-state index contributed by atoms with van der Waals surface area (Å²) in [4.78, 5) is 28.1. The van der Waals surface area contributed by atoms with Crippen LogP contribution in [0.1, 0.15) is 19.8 Å². The minimum absolute atomic E-state index is 0.0755. The predicted octanol–water partition coefficient (Wildman–Crippen LogP) is 3.75. The molecule has 0 unspecified atom stereocenters. The van der Waals surface area contributed by atoms with Gasteiger partial charge in [-0.2, -0.15) is 13.2 Å². The second-order valence-corrected chi connectivity index (χ2v) is 5.51. The molecule has 0 spiro atoms. The third kappa shape index (κ3) is 5.98. The summed E-state index contributed by atoms with van der Waals surface area (Å²) in [5.41, 5.74) is -4.13. The summed E-state index contributed by atoms with van der Waals surface area (Å²) in [6.07, 6.45) is -4.95. The van der Waals surface area contributed by atoms with Crippen molar-refractivity contribution in [2.24, 2.45) is 5.16 Å². The lowest BCUT2D eigenvalue weighted by atomic mass is 10.2. The van der Waals surface area contributed by atoms with Crippen LogP contribution < -0.4 is 10.6 Å². The molecule has 0 bridgehead atoms. The minimum Gasteiger partial charge on any atom is -0.464 e. The third-order valence-electron chi connectivity index (χ3n) is 2.98. The van der Waals surface area contributed by atoms with E-state index in [-0.39, 0.29) is 17.3 Å². The molecule has 0 heterocycles. The lowest BCUT2D eigenvalue weighted by Crippen LogP contribution is -2.66. The zero-order valence-electron chi connectivity index (χ0n) is 14.2. The molecule has 1 aromatic rings. The molecule has 1 atom stereocenters. The van der Waals surface area contributed by atoms with Crippen molar-refractivity contribution in [3.05, 3.63) is 30.1 Å². The van der Waals surface area contributed by atoms with Gasteiger partial charge in [0.15, 0.2) is 0 Å². The molecule has 0 aliphatic heterocycles. The van der Waals surface area contributed by atoms with E-state index in [0.29, 0.717) is 13.5 Å². The smallest absolute Gasteiger partial charge is 0.463 e. The highest BCUT2D eigenvalue weighted by molar-refractivity contribution is 6.65. The van der Waals surface area contributed by atoms with E-state index < -0.39 is 29.7 Å². The molecule has 0 fully saturated rings. The predicted molar refractivity (Wildman–Crippen MR) is 88.6 cm³/mol. The number of urea groups is 1. The molecule has 0 aliphatic rings. The Hall–Kier alpha value is -2.56. The van der Waals surface area contributed by atoms with Crippen molar-refractivity contribution in [1.29, 1.82) is 0 Å². The Labute approximate surface area is 156 Å². The van der Waals surface area contributed by atoms with Crippen LogP contribution in [0.15, 0.2) is 29.4 Å². The number of amides is 2. The number of oxime groups is 1. The number of nitrogens with zero attached hydrogens (tertiary/aromatic N) is 1. The number of nitrogens with one attached hydrogen (secondary N) is 2. The monoisotopic (exact) mass is 413 g/mol. The molecule has 0 saturated heterocycles. The van der Waals surface area contributed by atoms with Crippen molar-refractivity contribution in [3.8, 4) is 0 Å². The molecule has 150 valence electrons. The van der Waals surface area contributed by atoms with Crippen LogP contribution in [0.3, 0.4) is 0 Å². The van der Waals surface area contributed by atoms with Gasteiger partial charge in [0.2, 0.25) is 0 Å². The maximum Gasteiger partial charge on any atom is 0.463 e. The van der Waals surface area contributed by atoms with E-state index in [9.17, 15) is 27.2 Å². The van der Waals surface area contributed by atoms with Gasteiger partial charge < -0.3 is 14.9 Å².